The topological polar surface area (TPSA) is 12.4 Å². The van der Waals surface area contributed by atoms with E-state index in [9.17, 15) is 0 Å². The molecule has 0 radical (unpaired) electrons. The molecule has 0 heterocycles. The number of hydrogen-bond donors (Lipinski definition) is 0. The molecule has 0 bridgehead atoms. The summed E-state index contributed by atoms with van der Waals surface area (Å²) < 4.78 is 0. The molecule has 1 heteroatoms. The van der Waals surface area contributed by atoms with E-state index >= 15 is 0 Å². The van der Waals surface area contributed by atoms with Crippen molar-refractivity contribution in [2.45, 2.75) is 27.2 Å². The number of rotatable bonds is 4. The molecule has 0 aromatic heterocycles. The highest BCUT2D eigenvalue weighted by molar-refractivity contribution is 5.96. The van der Waals surface area contributed by atoms with Crippen LogP contribution in [0.2, 0.25) is 0 Å². The minimum atomic E-state index is 0.927. The second-order valence-corrected chi connectivity index (χ2v) is 2.76. The molecule has 0 saturated carbocycles. The molecule has 0 aromatic carbocycles. The van der Waals surface area contributed by atoms with E-state index in [0.29, 0.717) is 0 Å². The molecule has 0 amide bonds. The minimum absolute atomic E-state index is 0.927. The zero-order valence-corrected chi connectivity index (χ0v) is 8.22. The Labute approximate surface area is 75.2 Å². The highest BCUT2D eigenvalue weighted by Crippen LogP contribution is 2.06. The molecule has 0 aromatic rings. The highest BCUT2D eigenvalue weighted by Gasteiger charge is 1.92. The summed E-state index contributed by atoms with van der Waals surface area (Å²) in [6.07, 6.45) is 4.54. The van der Waals surface area contributed by atoms with Gasteiger partial charge in [0.25, 0.3) is 0 Å². The van der Waals surface area contributed by atoms with Crippen molar-refractivity contribution in [1.82, 2.24) is 0 Å². The first-order chi connectivity index (χ1) is 5.61. The third-order valence-electron chi connectivity index (χ3n) is 1.68. The molecular formula is C11H17N. The summed E-state index contributed by atoms with van der Waals surface area (Å²) in [5.74, 6) is 0. The van der Waals surface area contributed by atoms with Crippen LogP contribution in [0, 0.1) is 0 Å². The van der Waals surface area contributed by atoms with E-state index in [1.165, 1.54) is 5.57 Å². The van der Waals surface area contributed by atoms with Gasteiger partial charge in [0.1, 0.15) is 0 Å². The lowest BCUT2D eigenvalue weighted by Crippen LogP contribution is -1.91. The summed E-state index contributed by atoms with van der Waals surface area (Å²) in [4.78, 5) is 4.13. The van der Waals surface area contributed by atoms with E-state index in [0.717, 1.165) is 17.7 Å². The Hall–Kier alpha value is -1.11. The molecule has 0 aliphatic heterocycles. The van der Waals surface area contributed by atoms with Gasteiger partial charge in [0.15, 0.2) is 0 Å². The molecule has 0 rings (SSSR count). The zero-order valence-electron chi connectivity index (χ0n) is 8.22. The summed E-state index contributed by atoms with van der Waals surface area (Å²) >= 11 is 0. The summed E-state index contributed by atoms with van der Waals surface area (Å²) in [7, 11) is 0. The van der Waals surface area contributed by atoms with Gasteiger partial charge < -0.3 is 0 Å². The molecule has 0 aliphatic rings. The van der Waals surface area contributed by atoms with Crippen LogP contribution in [-0.4, -0.2) is 5.71 Å². The quantitative estimate of drug-likeness (QED) is 0.444. The number of aliphatic imine (C=N–C) groups is 1. The lowest BCUT2D eigenvalue weighted by molar-refractivity contribution is 1.26. The maximum atomic E-state index is 4.13. The third-order valence-corrected chi connectivity index (χ3v) is 1.68. The Morgan fingerprint density at radius 1 is 1.42 bits per heavy atom. The minimum Gasteiger partial charge on any atom is -0.262 e. The van der Waals surface area contributed by atoms with Gasteiger partial charge in [-0.3, -0.25) is 4.99 Å². The van der Waals surface area contributed by atoms with Crippen molar-refractivity contribution >= 4 is 5.71 Å². The predicted octanol–water partition coefficient (Wildman–Crippen LogP) is 3.50. The second kappa shape index (κ2) is 5.53. The first-order valence-corrected chi connectivity index (χ1v) is 4.13. The maximum absolute atomic E-state index is 4.13. The Morgan fingerprint density at radius 3 is 2.33 bits per heavy atom. The fraction of sp³-hybridized carbons (Fsp3) is 0.364. The molecule has 0 fully saturated rings. The summed E-state index contributed by atoms with van der Waals surface area (Å²) in [6.45, 7) is 13.5. The lowest BCUT2D eigenvalue weighted by Gasteiger charge is -1.99. The van der Waals surface area contributed by atoms with E-state index in [2.05, 4.69) is 25.1 Å². The Bertz CT molecular complexity index is 231. The fourth-order valence-corrected chi connectivity index (χ4v) is 0.721. The van der Waals surface area contributed by atoms with Crippen LogP contribution in [0.4, 0.5) is 0 Å². The van der Waals surface area contributed by atoms with Crippen molar-refractivity contribution in [1.29, 1.82) is 0 Å². The normalized spacial score (nSPS) is 12.9. The van der Waals surface area contributed by atoms with Crippen molar-refractivity contribution in [3.05, 3.63) is 36.6 Å². The molecular weight excluding hydrogens is 146 g/mol. The van der Waals surface area contributed by atoms with Crippen LogP contribution < -0.4 is 0 Å². The molecule has 0 N–H and O–H groups in total. The van der Waals surface area contributed by atoms with E-state index < -0.39 is 0 Å². The van der Waals surface area contributed by atoms with Gasteiger partial charge in [-0.2, -0.15) is 0 Å². The fourth-order valence-electron chi connectivity index (χ4n) is 0.721. The van der Waals surface area contributed by atoms with Gasteiger partial charge in [0, 0.05) is 11.9 Å². The van der Waals surface area contributed by atoms with Crippen LogP contribution in [-0.2, 0) is 0 Å². The smallest absolute Gasteiger partial charge is 0.0403 e. The molecule has 0 spiro atoms. The molecule has 66 valence electrons. The second-order valence-electron chi connectivity index (χ2n) is 2.76. The first-order valence-electron chi connectivity index (χ1n) is 4.13. The first kappa shape index (κ1) is 10.9. The van der Waals surface area contributed by atoms with Gasteiger partial charge in [-0.15, -0.1) is 0 Å². The van der Waals surface area contributed by atoms with E-state index in [1.807, 2.05) is 19.9 Å². The van der Waals surface area contributed by atoms with Gasteiger partial charge in [-0.05, 0) is 31.9 Å². The summed E-state index contributed by atoms with van der Waals surface area (Å²) in [6, 6.07) is 0. The third kappa shape index (κ3) is 3.91. The SMILES string of the molecule is C=CN=C(/C=C(\C)C(=C)C)CC. The van der Waals surface area contributed by atoms with Crippen LogP contribution in [0.1, 0.15) is 27.2 Å². The van der Waals surface area contributed by atoms with Crippen LogP contribution in [0.3, 0.4) is 0 Å². The molecule has 0 aliphatic carbocycles. The lowest BCUT2D eigenvalue weighted by atomic mass is 10.1. The summed E-state index contributed by atoms with van der Waals surface area (Å²) in [5, 5.41) is 0. The number of allylic oxidation sites excluding steroid dienone is 3. The van der Waals surface area contributed by atoms with Gasteiger partial charge in [-0.1, -0.05) is 25.7 Å². The Kier molecular flexibility index (Phi) is 5.02. The van der Waals surface area contributed by atoms with Crippen molar-refractivity contribution in [2.24, 2.45) is 4.99 Å². The summed E-state index contributed by atoms with van der Waals surface area (Å²) in [5.41, 5.74) is 3.31. The van der Waals surface area contributed by atoms with Crippen LogP contribution in [0.5, 0.6) is 0 Å². The van der Waals surface area contributed by atoms with Crippen LogP contribution in [0.15, 0.2) is 41.6 Å². The monoisotopic (exact) mass is 163 g/mol. The number of hydrogen-bond acceptors (Lipinski definition) is 1. The van der Waals surface area contributed by atoms with Crippen molar-refractivity contribution < 1.29 is 0 Å². The number of nitrogens with zero attached hydrogens (tertiary/aromatic N) is 1. The predicted molar refractivity (Wildman–Crippen MR) is 56.5 cm³/mol. The van der Waals surface area contributed by atoms with E-state index in [4.69, 9.17) is 0 Å². The molecule has 0 saturated heterocycles. The standard InChI is InChI=1S/C11H17N/c1-6-11(12-7-2)8-10(5)9(3)4/h7-8H,2-3,6H2,1,4-5H3/b10-8+,12-11?. The zero-order chi connectivity index (χ0) is 9.56. The average molecular weight is 163 g/mol. The van der Waals surface area contributed by atoms with Gasteiger partial charge in [0.05, 0.1) is 0 Å². The maximum Gasteiger partial charge on any atom is 0.0403 e. The van der Waals surface area contributed by atoms with Crippen LogP contribution in [0.25, 0.3) is 0 Å². The average Bonchev–Trinajstić information content (AvgIpc) is 2.03. The van der Waals surface area contributed by atoms with Crippen LogP contribution >= 0.6 is 0 Å². The molecule has 1 nitrogen and oxygen atoms in total. The molecule has 0 atom stereocenters. The van der Waals surface area contributed by atoms with E-state index in [1.54, 1.807) is 6.20 Å². The van der Waals surface area contributed by atoms with Gasteiger partial charge in [0.2, 0.25) is 0 Å². The van der Waals surface area contributed by atoms with Gasteiger partial charge in [-0.25, -0.2) is 0 Å². The molecule has 0 unspecified atom stereocenters. The Morgan fingerprint density at radius 2 is 2.00 bits per heavy atom. The largest absolute Gasteiger partial charge is 0.262 e. The highest BCUT2D eigenvalue weighted by atomic mass is 14.7. The molecule has 12 heavy (non-hydrogen) atoms. The van der Waals surface area contributed by atoms with Gasteiger partial charge >= 0.3 is 0 Å². The van der Waals surface area contributed by atoms with E-state index in [-0.39, 0.29) is 0 Å². The van der Waals surface area contributed by atoms with Crippen molar-refractivity contribution in [3.8, 4) is 0 Å². The van der Waals surface area contributed by atoms with Crippen molar-refractivity contribution in [2.75, 3.05) is 0 Å². The Balaban J connectivity index is 4.57. The van der Waals surface area contributed by atoms with Crippen molar-refractivity contribution in [3.63, 3.8) is 0 Å².